The Balaban J connectivity index is 0.000000183. The first-order chi connectivity index (χ1) is 40.6. The van der Waals surface area contributed by atoms with Gasteiger partial charge in [-0.25, -0.2) is 0 Å². The highest BCUT2D eigenvalue weighted by Crippen LogP contribution is 2.48. The molecular weight excluding hydrogens is 1110 g/mol. The van der Waals surface area contributed by atoms with Crippen LogP contribution in [-0.4, -0.2) is 37.2 Å². The quantitative estimate of drug-likeness (QED) is 0.0831. The number of aryl methyl sites for hydroxylation is 6. The molecule has 0 heterocycles. The summed E-state index contributed by atoms with van der Waals surface area (Å²) < 4.78 is 0. The van der Waals surface area contributed by atoms with Gasteiger partial charge in [-0.05, 0) is 168 Å². The maximum absolute atomic E-state index is 15.1. The summed E-state index contributed by atoms with van der Waals surface area (Å²) >= 11 is 6.06. The summed E-state index contributed by atoms with van der Waals surface area (Å²) in [5.74, 6) is -0.628. The molecule has 0 radical (unpaired) electrons. The second-order valence-electron chi connectivity index (χ2n) is 20.9. The third kappa shape index (κ3) is 12.0. The van der Waals surface area contributed by atoms with Crippen molar-refractivity contribution in [2.45, 2.75) is 80.7 Å². The summed E-state index contributed by atoms with van der Waals surface area (Å²) in [4.78, 5) is 65.6. The summed E-state index contributed by atoms with van der Waals surface area (Å²) in [7, 11) is 3.54. The Labute approximate surface area is 508 Å². The number of rotatable bonds is 14. The monoisotopic (exact) mass is 1170 g/mol. The van der Waals surface area contributed by atoms with Crippen LogP contribution in [0.5, 0.6) is 0 Å². The van der Waals surface area contributed by atoms with Crippen molar-refractivity contribution in [3.63, 3.8) is 0 Å². The summed E-state index contributed by atoms with van der Waals surface area (Å²) in [5, 5.41) is 13.2. The van der Waals surface area contributed by atoms with Gasteiger partial charge in [-0.1, -0.05) is 148 Å². The number of nitrogens with one attached hydrogen (secondary N) is 4. The molecule has 0 aliphatic heterocycles. The van der Waals surface area contributed by atoms with E-state index in [2.05, 4.69) is 89.7 Å². The van der Waals surface area contributed by atoms with E-state index in [0.29, 0.717) is 67.3 Å². The number of carbonyl (C=O) groups excluding carboxylic acids is 4. The Kier molecular flexibility index (Phi) is 16.9. The van der Waals surface area contributed by atoms with Gasteiger partial charge in [0.2, 0.25) is 0 Å². The lowest BCUT2D eigenvalue weighted by atomic mass is 9.82. The number of fused-ring (bicyclic) bond motifs is 4. The number of hydrogen-bond acceptors (Lipinski definition) is 12. The summed E-state index contributed by atoms with van der Waals surface area (Å²) in [6, 6.07) is 64.2. The zero-order valence-electron chi connectivity index (χ0n) is 47.7. The van der Waals surface area contributed by atoms with Gasteiger partial charge < -0.3 is 21.3 Å². The molecule has 0 fully saturated rings. The first kappa shape index (κ1) is 57.3. The lowest BCUT2D eigenvalue weighted by Crippen LogP contribution is -2.25. The fourth-order valence-electron chi connectivity index (χ4n) is 10.4. The maximum Gasteiger partial charge on any atom is 0.197 e. The third-order valence-corrected chi connectivity index (χ3v) is 18.8. The molecule has 416 valence electrons. The molecule has 10 aromatic rings. The minimum absolute atomic E-state index is 0.137. The fraction of sp³-hybridized carbons (Fsp3) is 0.111. The molecule has 2 aliphatic carbocycles. The molecule has 12 rings (SSSR count). The van der Waals surface area contributed by atoms with Crippen LogP contribution in [0.15, 0.2) is 233 Å². The van der Waals surface area contributed by atoms with Crippen LogP contribution in [0.4, 0.5) is 34.1 Å². The van der Waals surface area contributed by atoms with Crippen LogP contribution in [-0.2, 0) is 0 Å². The Morgan fingerprint density at radius 2 is 0.571 bits per heavy atom. The van der Waals surface area contributed by atoms with E-state index in [1.54, 1.807) is 14.1 Å². The van der Waals surface area contributed by atoms with E-state index in [1.807, 2.05) is 167 Å². The van der Waals surface area contributed by atoms with Crippen molar-refractivity contribution in [2.75, 3.05) is 35.4 Å². The van der Waals surface area contributed by atoms with Crippen LogP contribution in [0.25, 0.3) is 0 Å². The van der Waals surface area contributed by atoms with Gasteiger partial charge in [0.15, 0.2) is 23.1 Å². The molecule has 84 heavy (non-hydrogen) atoms. The molecule has 0 unspecified atom stereocenters. The van der Waals surface area contributed by atoms with Gasteiger partial charge in [0, 0.05) is 98.3 Å². The number of carbonyl (C=O) groups is 4. The van der Waals surface area contributed by atoms with Crippen LogP contribution >= 0.6 is 47.0 Å². The summed E-state index contributed by atoms with van der Waals surface area (Å²) in [6.07, 6.45) is 0. The maximum atomic E-state index is 15.1. The Bertz CT molecular complexity index is 4100. The van der Waals surface area contributed by atoms with Gasteiger partial charge in [0.05, 0.1) is 33.6 Å². The molecule has 4 N–H and O–H groups in total. The van der Waals surface area contributed by atoms with Crippen molar-refractivity contribution < 1.29 is 19.2 Å². The van der Waals surface area contributed by atoms with Crippen molar-refractivity contribution in [2.24, 2.45) is 0 Å². The minimum Gasteiger partial charge on any atom is -0.388 e. The first-order valence-electron chi connectivity index (χ1n) is 27.5. The summed E-state index contributed by atoms with van der Waals surface area (Å²) in [6.45, 7) is 12.3. The Morgan fingerprint density at radius 1 is 0.262 bits per heavy atom. The van der Waals surface area contributed by atoms with Gasteiger partial charge in [0.25, 0.3) is 0 Å². The molecule has 0 saturated heterocycles. The predicted octanol–water partition coefficient (Wildman–Crippen LogP) is 18.9. The molecule has 0 aromatic heterocycles. The average Bonchev–Trinajstić information content (AvgIpc) is 0.851. The first-order valence-corrected chi connectivity index (χ1v) is 30.8. The van der Waals surface area contributed by atoms with E-state index in [0.717, 1.165) is 78.4 Å². The van der Waals surface area contributed by atoms with Gasteiger partial charge >= 0.3 is 0 Å². The van der Waals surface area contributed by atoms with Crippen molar-refractivity contribution in [3.8, 4) is 0 Å². The van der Waals surface area contributed by atoms with Crippen LogP contribution in [0.2, 0.25) is 0 Å². The average molecular weight is 1170 g/mol. The lowest BCUT2D eigenvalue weighted by Gasteiger charge is -2.27. The van der Waals surface area contributed by atoms with E-state index in [9.17, 15) is 9.59 Å². The number of benzene rings is 10. The smallest absolute Gasteiger partial charge is 0.197 e. The van der Waals surface area contributed by atoms with Crippen molar-refractivity contribution in [1.82, 2.24) is 0 Å². The van der Waals surface area contributed by atoms with E-state index in [1.165, 1.54) is 52.6 Å². The Morgan fingerprint density at radius 3 is 0.929 bits per heavy atom. The number of hydrogen-bond donors (Lipinski definition) is 4. The van der Waals surface area contributed by atoms with Crippen LogP contribution in [0, 0.1) is 41.5 Å². The second kappa shape index (κ2) is 24.7. The zero-order valence-corrected chi connectivity index (χ0v) is 51.0. The third-order valence-electron chi connectivity index (χ3n) is 14.6. The zero-order chi connectivity index (χ0) is 58.8. The van der Waals surface area contributed by atoms with Crippen LogP contribution < -0.4 is 21.3 Å². The summed E-state index contributed by atoms with van der Waals surface area (Å²) in [5.41, 5.74) is 14.4. The van der Waals surface area contributed by atoms with E-state index in [-0.39, 0.29) is 23.1 Å². The molecule has 0 amide bonds. The van der Waals surface area contributed by atoms with Crippen molar-refractivity contribution >= 4 is 104 Å². The predicted molar refractivity (Wildman–Crippen MR) is 349 cm³/mol. The second-order valence-corrected chi connectivity index (χ2v) is 25.4. The Hall–Kier alpha value is -8.52. The highest BCUT2D eigenvalue weighted by molar-refractivity contribution is 8.00. The molecule has 0 saturated carbocycles. The van der Waals surface area contributed by atoms with Gasteiger partial charge in [0.1, 0.15) is 0 Å². The van der Waals surface area contributed by atoms with E-state index in [4.69, 9.17) is 0 Å². The highest BCUT2D eigenvalue weighted by atomic mass is 32.2. The largest absolute Gasteiger partial charge is 0.388 e. The van der Waals surface area contributed by atoms with Crippen molar-refractivity contribution in [3.05, 3.63) is 272 Å². The molecule has 8 nitrogen and oxygen atoms in total. The van der Waals surface area contributed by atoms with Gasteiger partial charge in [-0.15, -0.1) is 0 Å². The van der Waals surface area contributed by atoms with E-state index < -0.39 is 0 Å². The van der Waals surface area contributed by atoms with E-state index >= 15 is 9.59 Å². The van der Waals surface area contributed by atoms with Crippen molar-refractivity contribution in [1.29, 1.82) is 0 Å². The minimum atomic E-state index is -0.177. The lowest BCUT2D eigenvalue weighted by molar-refractivity contribution is 0.0975. The molecular formula is C72H60N4O4S4. The number of ketones is 4. The van der Waals surface area contributed by atoms with Crippen LogP contribution in [0.3, 0.4) is 0 Å². The molecule has 10 aromatic carbocycles. The van der Waals surface area contributed by atoms with Gasteiger partial charge in [-0.2, -0.15) is 0 Å². The molecule has 2 aliphatic rings. The molecule has 0 spiro atoms. The topological polar surface area (TPSA) is 116 Å². The molecule has 0 atom stereocenters. The highest BCUT2D eigenvalue weighted by Gasteiger charge is 2.40. The SMILES string of the molecule is CNc1ccc(NC)c2c1C(=O)c1c(Sc3ccc(C)cc3)ccc(Sc3cccc(C)c3)c1C2=O.Cc1ccc(Nc2ccc(Nc3cccc(C)c3)c3c2C(=O)c2c(Sc4ccc(C)cc4)ccc(Sc4cccc(C)c4)c2C3=O)cc1. The van der Waals surface area contributed by atoms with Crippen LogP contribution in [0.1, 0.15) is 97.1 Å². The number of anilines is 6. The normalized spacial score (nSPS) is 12.1. The van der Waals surface area contributed by atoms with Gasteiger partial charge in [-0.3, -0.25) is 19.2 Å². The standard InChI is InChI=1S/C42H34N2O2S2.C30H26N2O2S2/c1-25-11-15-29(16-12-25)43-33-19-20-34(44-30-9-5-7-27(3)23-30)38-37(33)41(45)39-35(47-31-17-13-26(2)14-18-31)21-22-36(40(39)42(38)46)48-32-10-6-8-28(4)24-32;1-17-8-10-19(11-9-17)35-23-14-15-24(36-20-7-5-6-18(2)16-20)28-27(23)29(33)25-21(31-3)12-13-22(32-4)26(25)30(28)34/h5-24,43-44H,1-4H3;5-16,31-32H,1-4H3. The fourth-order valence-corrected chi connectivity index (χ4v) is 14.5. The molecule has 12 heteroatoms. The molecule has 0 bridgehead atoms.